The van der Waals surface area contributed by atoms with Gasteiger partial charge in [-0.15, -0.1) is 0 Å². The van der Waals surface area contributed by atoms with Gasteiger partial charge in [-0.2, -0.15) is 0 Å². The summed E-state index contributed by atoms with van der Waals surface area (Å²) in [4.78, 5) is 2.41. The fourth-order valence-electron chi connectivity index (χ4n) is 2.27. The maximum atomic E-state index is 8.70. The summed E-state index contributed by atoms with van der Waals surface area (Å²) in [6, 6.07) is 0.775. The van der Waals surface area contributed by atoms with Gasteiger partial charge < -0.3 is 10.0 Å². The molecule has 1 saturated carbocycles. The van der Waals surface area contributed by atoms with Gasteiger partial charge in [-0.05, 0) is 32.2 Å². The number of hydrogen-bond donors (Lipinski definition) is 1. The van der Waals surface area contributed by atoms with E-state index in [0.717, 1.165) is 24.9 Å². The van der Waals surface area contributed by atoms with Crippen LogP contribution in [0.25, 0.3) is 0 Å². The summed E-state index contributed by atoms with van der Waals surface area (Å²) in [6.07, 6.45) is 5.03. The third-order valence-electron chi connectivity index (χ3n) is 3.05. The van der Waals surface area contributed by atoms with Gasteiger partial charge in [0.1, 0.15) is 0 Å². The lowest BCUT2D eigenvalue weighted by atomic mass is 10.1. The molecule has 12 heavy (non-hydrogen) atoms. The van der Waals surface area contributed by atoms with E-state index in [1.54, 1.807) is 0 Å². The third-order valence-corrected chi connectivity index (χ3v) is 3.05. The number of aliphatic hydroxyl groups is 1. The maximum absolute atomic E-state index is 8.70. The molecule has 1 aliphatic rings. The Morgan fingerprint density at radius 2 is 2.17 bits per heavy atom. The average Bonchev–Trinajstić information content (AvgIpc) is 2.47. The van der Waals surface area contributed by atoms with Crippen molar-refractivity contribution in [2.75, 3.05) is 20.2 Å². The molecule has 1 N–H and O–H groups in total. The Hall–Kier alpha value is -0.0800. The third kappa shape index (κ3) is 2.46. The van der Waals surface area contributed by atoms with Gasteiger partial charge in [0, 0.05) is 19.2 Å². The van der Waals surface area contributed by atoms with Crippen molar-refractivity contribution in [1.29, 1.82) is 0 Å². The van der Waals surface area contributed by atoms with Crippen molar-refractivity contribution in [1.82, 2.24) is 4.90 Å². The molecule has 0 saturated heterocycles. The Balaban J connectivity index is 2.25. The van der Waals surface area contributed by atoms with Crippen molar-refractivity contribution < 1.29 is 5.11 Å². The minimum Gasteiger partial charge on any atom is -0.396 e. The molecule has 2 heteroatoms. The molecule has 72 valence electrons. The first-order valence-electron chi connectivity index (χ1n) is 5.07. The lowest BCUT2D eigenvalue weighted by molar-refractivity contribution is 0.182. The molecule has 2 unspecified atom stereocenters. The van der Waals surface area contributed by atoms with Gasteiger partial charge in [-0.3, -0.25) is 0 Å². The zero-order valence-corrected chi connectivity index (χ0v) is 8.29. The zero-order valence-electron chi connectivity index (χ0n) is 8.29. The van der Waals surface area contributed by atoms with Crippen LogP contribution in [-0.2, 0) is 0 Å². The Morgan fingerprint density at radius 3 is 2.67 bits per heavy atom. The highest BCUT2D eigenvalue weighted by molar-refractivity contribution is 4.81. The zero-order chi connectivity index (χ0) is 8.97. The van der Waals surface area contributed by atoms with Crippen LogP contribution in [0.2, 0.25) is 0 Å². The standard InChI is InChI=1S/C10H21NO/c1-9-5-3-6-10(9)11(2)7-4-8-12/h9-10,12H,3-8H2,1-2H3. The van der Waals surface area contributed by atoms with Crippen LogP contribution >= 0.6 is 0 Å². The molecule has 0 aromatic carbocycles. The van der Waals surface area contributed by atoms with Crippen LogP contribution in [0.5, 0.6) is 0 Å². The Kier molecular flexibility index (Phi) is 4.02. The topological polar surface area (TPSA) is 23.5 Å². The highest BCUT2D eigenvalue weighted by Crippen LogP contribution is 2.28. The molecular formula is C10H21NO. The van der Waals surface area contributed by atoms with Crippen molar-refractivity contribution in [2.24, 2.45) is 5.92 Å². The van der Waals surface area contributed by atoms with Crippen LogP contribution in [0.4, 0.5) is 0 Å². The summed E-state index contributed by atoms with van der Waals surface area (Å²) in [5.74, 6) is 0.855. The number of aliphatic hydroxyl groups excluding tert-OH is 1. The molecule has 0 aromatic heterocycles. The predicted molar refractivity (Wildman–Crippen MR) is 51.1 cm³/mol. The fourth-order valence-corrected chi connectivity index (χ4v) is 2.27. The van der Waals surface area contributed by atoms with E-state index in [-0.39, 0.29) is 0 Å². The second-order valence-electron chi connectivity index (χ2n) is 4.03. The van der Waals surface area contributed by atoms with Crippen LogP contribution in [0.15, 0.2) is 0 Å². The quantitative estimate of drug-likeness (QED) is 0.692. The van der Waals surface area contributed by atoms with Crippen molar-refractivity contribution in [3.63, 3.8) is 0 Å². The molecule has 0 bridgehead atoms. The molecule has 0 aliphatic heterocycles. The summed E-state index contributed by atoms with van der Waals surface area (Å²) in [6.45, 7) is 3.71. The van der Waals surface area contributed by atoms with Gasteiger partial charge in [0.25, 0.3) is 0 Å². The molecular weight excluding hydrogens is 150 g/mol. The van der Waals surface area contributed by atoms with Crippen LogP contribution in [0, 0.1) is 5.92 Å². The number of hydrogen-bond acceptors (Lipinski definition) is 2. The van der Waals surface area contributed by atoms with Gasteiger partial charge in [-0.1, -0.05) is 13.3 Å². The largest absolute Gasteiger partial charge is 0.396 e. The van der Waals surface area contributed by atoms with Gasteiger partial charge in [0.05, 0.1) is 0 Å². The Labute approximate surface area is 75.6 Å². The molecule has 1 rings (SSSR count). The molecule has 2 nitrogen and oxygen atoms in total. The van der Waals surface area contributed by atoms with Crippen LogP contribution in [0.1, 0.15) is 32.6 Å². The van der Waals surface area contributed by atoms with Crippen molar-refractivity contribution >= 4 is 0 Å². The van der Waals surface area contributed by atoms with E-state index in [1.807, 2.05) is 0 Å². The van der Waals surface area contributed by atoms with Gasteiger partial charge in [0.15, 0.2) is 0 Å². The SMILES string of the molecule is CC1CCCC1N(C)CCCO. The van der Waals surface area contributed by atoms with Crippen molar-refractivity contribution in [3.05, 3.63) is 0 Å². The predicted octanol–water partition coefficient (Wildman–Crippen LogP) is 1.49. The fraction of sp³-hybridized carbons (Fsp3) is 1.00. The first-order valence-corrected chi connectivity index (χ1v) is 5.07. The van der Waals surface area contributed by atoms with Crippen LogP contribution in [0.3, 0.4) is 0 Å². The summed E-state index contributed by atoms with van der Waals surface area (Å²) < 4.78 is 0. The van der Waals surface area contributed by atoms with Gasteiger partial charge in [0.2, 0.25) is 0 Å². The number of nitrogens with zero attached hydrogens (tertiary/aromatic N) is 1. The highest BCUT2D eigenvalue weighted by Gasteiger charge is 2.26. The lowest BCUT2D eigenvalue weighted by Gasteiger charge is -2.27. The van der Waals surface area contributed by atoms with Gasteiger partial charge >= 0.3 is 0 Å². The molecule has 0 aromatic rings. The summed E-state index contributed by atoms with van der Waals surface area (Å²) >= 11 is 0. The van der Waals surface area contributed by atoms with E-state index in [4.69, 9.17) is 5.11 Å². The monoisotopic (exact) mass is 171 g/mol. The van der Waals surface area contributed by atoms with E-state index < -0.39 is 0 Å². The summed E-state index contributed by atoms with van der Waals surface area (Å²) in [7, 11) is 2.18. The highest BCUT2D eigenvalue weighted by atomic mass is 16.3. The summed E-state index contributed by atoms with van der Waals surface area (Å²) in [5, 5.41) is 8.70. The first kappa shape index (κ1) is 10.0. The normalized spacial score (nSPS) is 30.0. The molecule has 1 fully saturated rings. The first-order chi connectivity index (χ1) is 5.75. The lowest BCUT2D eigenvalue weighted by Crippen LogP contribution is -2.34. The van der Waals surface area contributed by atoms with E-state index in [1.165, 1.54) is 19.3 Å². The Bertz CT molecular complexity index is 127. The maximum Gasteiger partial charge on any atom is 0.0443 e. The smallest absolute Gasteiger partial charge is 0.0443 e. The van der Waals surface area contributed by atoms with Crippen LogP contribution < -0.4 is 0 Å². The minimum atomic E-state index is 0.325. The summed E-state index contributed by atoms with van der Waals surface area (Å²) in [5.41, 5.74) is 0. The van der Waals surface area contributed by atoms with E-state index >= 15 is 0 Å². The molecule has 0 heterocycles. The van der Waals surface area contributed by atoms with Crippen molar-refractivity contribution in [3.8, 4) is 0 Å². The van der Waals surface area contributed by atoms with E-state index in [2.05, 4.69) is 18.9 Å². The number of rotatable bonds is 4. The molecule has 0 radical (unpaired) electrons. The van der Waals surface area contributed by atoms with E-state index in [0.29, 0.717) is 6.61 Å². The second kappa shape index (κ2) is 4.83. The average molecular weight is 171 g/mol. The van der Waals surface area contributed by atoms with Crippen molar-refractivity contribution in [2.45, 2.75) is 38.6 Å². The Morgan fingerprint density at radius 1 is 1.42 bits per heavy atom. The second-order valence-corrected chi connectivity index (χ2v) is 4.03. The molecule has 2 atom stereocenters. The molecule has 0 amide bonds. The van der Waals surface area contributed by atoms with E-state index in [9.17, 15) is 0 Å². The van der Waals surface area contributed by atoms with Crippen LogP contribution in [-0.4, -0.2) is 36.2 Å². The molecule has 1 aliphatic carbocycles. The minimum absolute atomic E-state index is 0.325. The van der Waals surface area contributed by atoms with Gasteiger partial charge in [-0.25, -0.2) is 0 Å². The molecule has 0 spiro atoms.